The molecule has 0 aromatic heterocycles. The molecular weight excluding hydrogens is 375 g/mol. The second-order valence-electron chi connectivity index (χ2n) is 7.05. The molecule has 28 heavy (non-hydrogen) atoms. The maximum Gasteiger partial charge on any atom is 0.490 e. The molecule has 9 heteroatoms. The van der Waals surface area contributed by atoms with Gasteiger partial charge in [-0.2, -0.15) is 18.4 Å². The highest BCUT2D eigenvalue weighted by Gasteiger charge is 2.43. The van der Waals surface area contributed by atoms with Crippen LogP contribution in [-0.4, -0.2) is 36.7 Å². The Bertz CT molecular complexity index is 700. The normalized spacial score (nSPS) is 13.9. The van der Waals surface area contributed by atoms with Gasteiger partial charge < -0.3 is 15.8 Å². The van der Waals surface area contributed by atoms with Gasteiger partial charge in [0.25, 0.3) is 0 Å². The quantitative estimate of drug-likeness (QED) is 0.621. The molecule has 2 atom stereocenters. The smallest absolute Gasteiger partial charge is 0.452 e. The third-order valence-electron chi connectivity index (χ3n) is 4.22. The van der Waals surface area contributed by atoms with Gasteiger partial charge in [-0.05, 0) is 18.4 Å². The Labute approximate surface area is 161 Å². The summed E-state index contributed by atoms with van der Waals surface area (Å²) in [6, 6.07) is 9.73. The molecule has 6 nitrogen and oxygen atoms in total. The minimum Gasteiger partial charge on any atom is -0.452 e. The Kier molecular flexibility index (Phi) is 8.44. The van der Waals surface area contributed by atoms with E-state index in [-0.39, 0.29) is 25.8 Å². The Morgan fingerprint density at radius 2 is 1.86 bits per heavy atom. The summed E-state index contributed by atoms with van der Waals surface area (Å²) in [7, 11) is 0. The van der Waals surface area contributed by atoms with Crippen LogP contribution in [0.25, 0.3) is 0 Å². The number of hydrogen-bond donors (Lipinski definition) is 2. The summed E-state index contributed by atoms with van der Waals surface area (Å²) in [5.41, 5.74) is 5.83. The molecule has 0 aliphatic rings. The number of nitrogens with zero attached hydrogens (tertiary/aromatic N) is 1. The molecule has 1 aromatic carbocycles. The molecular formula is C19H24F3N3O3. The molecule has 0 saturated heterocycles. The van der Waals surface area contributed by atoms with Crippen LogP contribution in [0.3, 0.4) is 0 Å². The molecule has 0 radical (unpaired) electrons. The Balaban J connectivity index is 2.84. The molecule has 1 amide bonds. The standard InChI is InChI=1S/C19H24F3N3O3/c1-18(2,9-6-10-23)16(26)25-12-15(28-17(27)19(20,21)22)14(24)11-13-7-4-3-5-8-13/h3-5,7-8,14-15H,6,9,11-12,24H2,1-2H3,(H,25,26)/t14-,15+/m0/s1. The van der Waals surface area contributed by atoms with Crippen molar-refractivity contribution in [2.24, 2.45) is 11.1 Å². The number of benzene rings is 1. The summed E-state index contributed by atoms with van der Waals surface area (Å²) in [6.45, 7) is 2.85. The molecule has 0 spiro atoms. The fraction of sp³-hybridized carbons (Fsp3) is 0.526. The average Bonchev–Trinajstić information content (AvgIpc) is 2.62. The number of nitrogens with two attached hydrogens (primary N) is 1. The van der Waals surface area contributed by atoms with Gasteiger partial charge in [0, 0.05) is 17.9 Å². The van der Waals surface area contributed by atoms with Crippen LogP contribution in [0.5, 0.6) is 0 Å². The lowest BCUT2D eigenvalue weighted by molar-refractivity contribution is -0.205. The molecule has 0 bridgehead atoms. The minimum absolute atomic E-state index is 0.153. The van der Waals surface area contributed by atoms with Gasteiger partial charge >= 0.3 is 12.1 Å². The van der Waals surface area contributed by atoms with Crippen molar-refractivity contribution >= 4 is 11.9 Å². The summed E-state index contributed by atoms with van der Waals surface area (Å²) < 4.78 is 42.3. The average molecular weight is 399 g/mol. The number of carbonyl (C=O) groups excluding carboxylic acids is 2. The predicted molar refractivity (Wildman–Crippen MR) is 95.7 cm³/mol. The van der Waals surface area contributed by atoms with E-state index in [1.807, 2.05) is 6.07 Å². The van der Waals surface area contributed by atoms with E-state index in [0.717, 1.165) is 5.56 Å². The van der Waals surface area contributed by atoms with E-state index in [9.17, 15) is 22.8 Å². The molecule has 0 saturated carbocycles. The van der Waals surface area contributed by atoms with Crippen molar-refractivity contribution in [3.63, 3.8) is 0 Å². The number of carbonyl (C=O) groups is 2. The van der Waals surface area contributed by atoms with Crippen LogP contribution in [0.4, 0.5) is 13.2 Å². The summed E-state index contributed by atoms with van der Waals surface area (Å²) in [5.74, 6) is -2.83. The largest absolute Gasteiger partial charge is 0.490 e. The summed E-state index contributed by atoms with van der Waals surface area (Å²) in [4.78, 5) is 23.6. The highest BCUT2D eigenvalue weighted by atomic mass is 19.4. The number of ether oxygens (including phenoxy) is 1. The van der Waals surface area contributed by atoms with Gasteiger partial charge in [-0.15, -0.1) is 0 Å². The molecule has 0 unspecified atom stereocenters. The first-order valence-corrected chi connectivity index (χ1v) is 8.70. The van der Waals surface area contributed by atoms with E-state index < -0.39 is 35.6 Å². The van der Waals surface area contributed by atoms with Gasteiger partial charge in [-0.25, -0.2) is 4.79 Å². The number of alkyl halides is 3. The second-order valence-corrected chi connectivity index (χ2v) is 7.05. The lowest BCUT2D eigenvalue weighted by Crippen LogP contribution is -2.50. The van der Waals surface area contributed by atoms with Crippen molar-refractivity contribution in [3.05, 3.63) is 35.9 Å². The van der Waals surface area contributed by atoms with Gasteiger partial charge in [0.1, 0.15) is 6.10 Å². The second kappa shape index (κ2) is 10.1. The van der Waals surface area contributed by atoms with Gasteiger partial charge in [-0.1, -0.05) is 44.2 Å². The molecule has 154 valence electrons. The van der Waals surface area contributed by atoms with Crippen LogP contribution in [0.15, 0.2) is 30.3 Å². The number of halogens is 3. The van der Waals surface area contributed by atoms with Crippen molar-refractivity contribution in [2.75, 3.05) is 6.54 Å². The number of hydrogen-bond acceptors (Lipinski definition) is 5. The number of nitriles is 1. The van der Waals surface area contributed by atoms with E-state index in [1.165, 1.54) is 0 Å². The molecule has 0 heterocycles. The molecule has 0 aliphatic heterocycles. The van der Waals surface area contributed by atoms with Crippen LogP contribution in [0, 0.1) is 16.7 Å². The van der Waals surface area contributed by atoms with Gasteiger partial charge in [0.15, 0.2) is 0 Å². The van der Waals surface area contributed by atoms with Crippen molar-refractivity contribution in [2.45, 2.75) is 51.4 Å². The van der Waals surface area contributed by atoms with E-state index in [2.05, 4.69) is 10.1 Å². The highest BCUT2D eigenvalue weighted by Crippen LogP contribution is 2.23. The van der Waals surface area contributed by atoms with Gasteiger partial charge in [0.2, 0.25) is 5.91 Å². The zero-order chi connectivity index (χ0) is 21.4. The monoisotopic (exact) mass is 399 g/mol. The number of nitrogens with one attached hydrogen (secondary N) is 1. The Morgan fingerprint density at radius 3 is 2.39 bits per heavy atom. The fourth-order valence-corrected chi connectivity index (χ4v) is 2.42. The molecule has 1 rings (SSSR count). The van der Waals surface area contributed by atoms with E-state index in [4.69, 9.17) is 11.0 Å². The van der Waals surface area contributed by atoms with Crippen LogP contribution < -0.4 is 11.1 Å². The minimum atomic E-state index is -5.17. The van der Waals surface area contributed by atoms with Crippen LogP contribution >= 0.6 is 0 Å². The zero-order valence-corrected chi connectivity index (χ0v) is 15.8. The third-order valence-corrected chi connectivity index (χ3v) is 4.22. The fourth-order valence-electron chi connectivity index (χ4n) is 2.42. The summed E-state index contributed by atoms with van der Waals surface area (Å²) in [6.07, 6.45) is -5.95. The SMILES string of the molecule is CC(C)(CCC#N)C(=O)NC[C@@H](OC(=O)C(F)(F)F)[C@@H](N)Cc1ccccc1. The van der Waals surface area contributed by atoms with E-state index in [1.54, 1.807) is 44.2 Å². The summed E-state index contributed by atoms with van der Waals surface area (Å²) in [5, 5.41) is 11.1. The first kappa shape index (κ1) is 23.4. The van der Waals surface area contributed by atoms with Crippen molar-refractivity contribution in [1.82, 2.24) is 5.32 Å². The third kappa shape index (κ3) is 7.56. The van der Waals surface area contributed by atoms with E-state index in [0.29, 0.717) is 0 Å². The topological polar surface area (TPSA) is 105 Å². The number of esters is 1. The van der Waals surface area contributed by atoms with Gasteiger partial charge in [-0.3, -0.25) is 4.79 Å². The summed E-state index contributed by atoms with van der Waals surface area (Å²) >= 11 is 0. The molecule has 1 aromatic rings. The maximum atomic E-state index is 12.6. The lowest BCUT2D eigenvalue weighted by atomic mass is 9.87. The van der Waals surface area contributed by atoms with E-state index >= 15 is 0 Å². The number of rotatable bonds is 9. The predicted octanol–water partition coefficient (Wildman–Crippen LogP) is 2.48. The first-order valence-electron chi connectivity index (χ1n) is 8.70. The van der Waals surface area contributed by atoms with Gasteiger partial charge in [0.05, 0.1) is 12.6 Å². The first-order chi connectivity index (χ1) is 13.0. The highest BCUT2D eigenvalue weighted by molar-refractivity contribution is 5.82. The zero-order valence-electron chi connectivity index (χ0n) is 15.8. The van der Waals surface area contributed by atoms with Crippen molar-refractivity contribution < 1.29 is 27.5 Å². The maximum absolute atomic E-state index is 12.6. The van der Waals surface area contributed by atoms with Crippen LogP contribution in [0.1, 0.15) is 32.3 Å². The van der Waals surface area contributed by atoms with Crippen LogP contribution in [0.2, 0.25) is 0 Å². The molecule has 3 N–H and O–H groups in total. The lowest BCUT2D eigenvalue weighted by Gasteiger charge is -2.28. The van der Waals surface area contributed by atoms with Crippen molar-refractivity contribution in [1.29, 1.82) is 5.26 Å². The van der Waals surface area contributed by atoms with Crippen molar-refractivity contribution in [3.8, 4) is 6.07 Å². The Morgan fingerprint density at radius 1 is 1.25 bits per heavy atom. The Hall–Kier alpha value is -2.60. The molecule has 0 aliphatic carbocycles. The number of amides is 1. The van der Waals surface area contributed by atoms with Crippen LogP contribution in [-0.2, 0) is 20.7 Å². The molecule has 0 fully saturated rings.